The Morgan fingerprint density at radius 3 is 2.50 bits per heavy atom. The van der Waals surface area contributed by atoms with E-state index in [9.17, 15) is 22.4 Å². The molecule has 1 heterocycles. The minimum atomic E-state index is -5.08. The van der Waals surface area contributed by atoms with Crippen LogP contribution in [0, 0.1) is 17.1 Å². The van der Waals surface area contributed by atoms with E-state index in [0.717, 1.165) is 0 Å². The quantitative estimate of drug-likeness (QED) is 0.255. The van der Waals surface area contributed by atoms with Crippen molar-refractivity contribution in [2.75, 3.05) is 6.26 Å². The van der Waals surface area contributed by atoms with Crippen LogP contribution in [-0.4, -0.2) is 39.4 Å². The van der Waals surface area contributed by atoms with Gasteiger partial charge in [0.15, 0.2) is 16.7 Å². The molecular weight excluding hydrogens is 551 g/mol. The lowest BCUT2D eigenvalue weighted by Gasteiger charge is -2.13. The Bertz CT molecular complexity index is 1310. The zero-order chi connectivity index (χ0) is 27.0. The van der Waals surface area contributed by atoms with Crippen molar-refractivity contribution in [1.29, 1.82) is 5.26 Å². The van der Waals surface area contributed by atoms with Gasteiger partial charge in [0, 0.05) is 23.3 Å². The standard InChI is InChI=1S/C19H13Cl2FN4O2S.C2HF3O2/c1-29-19-25-9-15(26-19)18(27)24-8-11-2-3-14(21)17(16(11)22)28-13-5-10(7-23)4-12(20)6-13;3-2(4,5)1(6)7/h2-6,9H,8H2,1H3,(H,24,27)(H,25,26);(H,6,7). The molecule has 0 aliphatic rings. The molecule has 3 rings (SSSR count). The number of halogens is 6. The third-order valence-electron chi connectivity index (χ3n) is 4.01. The number of rotatable bonds is 6. The molecule has 0 saturated carbocycles. The Morgan fingerprint density at radius 1 is 1.28 bits per heavy atom. The van der Waals surface area contributed by atoms with Crippen molar-refractivity contribution in [1.82, 2.24) is 15.3 Å². The maximum Gasteiger partial charge on any atom is 0.490 e. The number of aromatic nitrogens is 2. The molecule has 1 aromatic heterocycles. The minimum Gasteiger partial charge on any atom is -0.475 e. The number of amides is 1. The highest BCUT2D eigenvalue weighted by Gasteiger charge is 2.38. The molecular formula is C21H14Cl2F4N4O4S. The predicted octanol–water partition coefficient (Wildman–Crippen LogP) is 5.80. The first-order valence-corrected chi connectivity index (χ1v) is 11.4. The second-order valence-corrected chi connectivity index (χ2v) is 8.16. The predicted molar refractivity (Wildman–Crippen MR) is 123 cm³/mol. The Labute approximate surface area is 215 Å². The van der Waals surface area contributed by atoms with Gasteiger partial charge in [-0.25, -0.2) is 14.2 Å². The van der Waals surface area contributed by atoms with Gasteiger partial charge in [0.2, 0.25) is 0 Å². The molecule has 0 aliphatic carbocycles. The summed E-state index contributed by atoms with van der Waals surface area (Å²) in [6.07, 6.45) is -1.79. The van der Waals surface area contributed by atoms with Gasteiger partial charge >= 0.3 is 12.1 Å². The van der Waals surface area contributed by atoms with Crippen LogP contribution in [0.2, 0.25) is 10.0 Å². The van der Waals surface area contributed by atoms with Crippen molar-refractivity contribution in [3.63, 3.8) is 0 Å². The summed E-state index contributed by atoms with van der Waals surface area (Å²) in [7, 11) is 0. The second kappa shape index (κ2) is 12.5. The molecule has 0 bridgehead atoms. The second-order valence-electron chi connectivity index (χ2n) is 6.52. The largest absolute Gasteiger partial charge is 0.490 e. The van der Waals surface area contributed by atoms with E-state index in [1.165, 1.54) is 48.3 Å². The van der Waals surface area contributed by atoms with Crippen LogP contribution in [0.5, 0.6) is 11.5 Å². The number of thioether (sulfide) groups is 1. The fourth-order valence-electron chi connectivity index (χ4n) is 2.40. The van der Waals surface area contributed by atoms with Crippen LogP contribution in [0.1, 0.15) is 21.6 Å². The van der Waals surface area contributed by atoms with Crippen molar-refractivity contribution in [3.05, 3.63) is 69.2 Å². The lowest BCUT2D eigenvalue weighted by atomic mass is 10.2. The molecule has 2 aromatic carbocycles. The summed E-state index contributed by atoms with van der Waals surface area (Å²) in [5, 5.41) is 19.6. The summed E-state index contributed by atoms with van der Waals surface area (Å²) in [5.74, 6) is -4.01. The van der Waals surface area contributed by atoms with Gasteiger partial charge < -0.3 is 20.1 Å². The number of ether oxygens (including phenoxy) is 1. The van der Waals surface area contributed by atoms with Crippen LogP contribution >= 0.6 is 35.0 Å². The van der Waals surface area contributed by atoms with Gasteiger partial charge in [-0.2, -0.15) is 18.4 Å². The summed E-state index contributed by atoms with van der Waals surface area (Å²) in [6, 6.07) is 9.15. The van der Waals surface area contributed by atoms with Crippen LogP contribution < -0.4 is 10.1 Å². The molecule has 0 fully saturated rings. The number of carbonyl (C=O) groups excluding carboxylic acids is 1. The lowest BCUT2D eigenvalue weighted by molar-refractivity contribution is -0.192. The van der Waals surface area contributed by atoms with Crippen molar-refractivity contribution in [3.8, 4) is 17.6 Å². The van der Waals surface area contributed by atoms with Crippen LogP contribution in [-0.2, 0) is 11.3 Å². The third kappa shape index (κ3) is 8.04. The highest BCUT2D eigenvalue weighted by atomic mass is 35.5. The topological polar surface area (TPSA) is 128 Å². The van der Waals surface area contributed by atoms with E-state index in [-0.39, 0.29) is 44.9 Å². The number of benzene rings is 2. The van der Waals surface area contributed by atoms with Crippen LogP contribution in [0.4, 0.5) is 17.6 Å². The first-order chi connectivity index (χ1) is 16.8. The first kappa shape index (κ1) is 28.8. The molecule has 190 valence electrons. The molecule has 3 N–H and O–H groups in total. The summed E-state index contributed by atoms with van der Waals surface area (Å²) in [6.45, 7) is -0.0986. The zero-order valence-corrected chi connectivity index (χ0v) is 20.2. The van der Waals surface area contributed by atoms with Crippen molar-refractivity contribution in [2.24, 2.45) is 0 Å². The number of nitrogens with one attached hydrogen (secondary N) is 2. The van der Waals surface area contributed by atoms with Crippen LogP contribution in [0.3, 0.4) is 0 Å². The monoisotopic (exact) mass is 564 g/mol. The zero-order valence-electron chi connectivity index (χ0n) is 17.9. The molecule has 0 radical (unpaired) electrons. The summed E-state index contributed by atoms with van der Waals surface area (Å²) >= 11 is 13.4. The van der Waals surface area contributed by atoms with Crippen molar-refractivity contribution < 1.29 is 37.0 Å². The third-order valence-corrected chi connectivity index (χ3v) is 5.12. The number of aliphatic carboxylic acids is 1. The lowest BCUT2D eigenvalue weighted by Crippen LogP contribution is -2.23. The summed E-state index contributed by atoms with van der Waals surface area (Å²) < 4.78 is 52.2. The molecule has 0 unspecified atom stereocenters. The van der Waals surface area contributed by atoms with Gasteiger partial charge in [0.25, 0.3) is 5.91 Å². The fourth-order valence-corrected chi connectivity index (χ4v) is 3.17. The maximum absolute atomic E-state index is 14.9. The van der Waals surface area contributed by atoms with E-state index >= 15 is 0 Å². The van der Waals surface area contributed by atoms with Crippen molar-refractivity contribution in [2.45, 2.75) is 17.9 Å². The highest BCUT2D eigenvalue weighted by molar-refractivity contribution is 7.98. The average molecular weight is 565 g/mol. The number of hydrogen-bond donors (Lipinski definition) is 3. The fraction of sp³-hybridized carbons (Fsp3) is 0.143. The average Bonchev–Trinajstić information content (AvgIpc) is 3.30. The van der Waals surface area contributed by atoms with Gasteiger partial charge in [0.1, 0.15) is 11.4 Å². The van der Waals surface area contributed by atoms with Gasteiger partial charge in [-0.3, -0.25) is 4.79 Å². The number of alkyl halides is 3. The normalized spacial score (nSPS) is 10.6. The van der Waals surface area contributed by atoms with Crippen molar-refractivity contribution >= 4 is 46.8 Å². The SMILES string of the molecule is CSc1nc(C(=O)NCc2ccc(Cl)c(Oc3cc(Cl)cc(C#N)c3)c2F)c[nH]1.O=C(O)C(F)(F)F. The summed E-state index contributed by atoms with van der Waals surface area (Å²) in [5.41, 5.74) is 0.625. The first-order valence-electron chi connectivity index (χ1n) is 9.38. The van der Waals surface area contributed by atoms with Gasteiger partial charge in [0.05, 0.1) is 16.7 Å². The Kier molecular flexibility index (Phi) is 9.97. The van der Waals surface area contributed by atoms with E-state index < -0.39 is 23.9 Å². The number of carboxylic acid groups (broad SMARTS) is 1. The van der Waals surface area contributed by atoms with Gasteiger partial charge in [-0.05, 0) is 30.5 Å². The number of aromatic amines is 1. The van der Waals surface area contributed by atoms with Crippen LogP contribution in [0.25, 0.3) is 0 Å². The van der Waals surface area contributed by atoms with Gasteiger partial charge in [-0.1, -0.05) is 41.0 Å². The molecule has 0 spiro atoms. The molecule has 0 aliphatic heterocycles. The molecule has 1 amide bonds. The number of nitrogens with zero attached hydrogens (tertiary/aromatic N) is 2. The van der Waals surface area contributed by atoms with E-state index in [4.69, 9.17) is 43.1 Å². The number of carbonyl (C=O) groups is 2. The molecule has 15 heteroatoms. The number of hydrogen-bond acceptors (Lipinski definition) is 6. The van der Waals surface area contributed by atoms with Gasteiger partial charge in [-0.15, -0.1) is 0 Å². The number of imidazole rings is 1. The Balaban J connectivity index is 0.000000572. The highest BCUT2D eigenvalue weighted by Crippen LogP contribution is 2.35. The van der Waals surface area contributed by atoms with Crippen LogP contribution in [0.15, 0.2) is 41.7 Å². The number of nitriles is 1. The smallest absolute Gasteiger partial charge is 0.475 e. The van der Waals surface area contributed by atoms with E-state index in [1.807, 2.05) is 12.3 Å². The minimum absolute atomic E-state index is 0.0352. The molecule has 8 nitrogen and oxygen atoms in total. The molecule has 0 atom stereocenters. The molecule has 3 aromatic rings. The number of H-pyrrole nitrogens is 1. The van der Waals surface area contributed by atoms with E-state index in [1.54, 1.807) is 0 Å². The Hall–Kier alpha value is -3.47. The molecule has 36 heavy (non-hydrogen) atoms. The summed E-state index contributed by atoms with van der Waals surface area (Å²) in [4.78, 5) is 28.0. The van der Waals surface area contributed by atoms with E-state index in [0.29, 0.717) is 5.16 Å². The van der Waals surface area contributed by atoms with E-state index in [2.05, 4.69) is 15.3 Å². The maximum atomic E-state index is 14.9. The number of carboxylic acids is 1. The molecule has 0 saturated heterocycles. The Morgan fingerprint density at radius 2 is 1.94 bits per heavy atom.